The molecule has 0 atom stereocenters. The number of carbonyl (C=O) groups excluding carboxylic acids is 1. The zero-order chi connectivity index (χ0) is 21.2. The summed E-state index contributed by atoms with van der Waals surface area (Å²) in [5, 5.41) is 5.24. The molecule has 0 unspecified atom stereocenters. The van der Waals surface area contributed by atoms with Gasteiger partial charge in [0.25, 0.3) is 5.56 Å². The Labute approximate surface area is 177 Å². The fourth-order valence-electron chi connectivity index (χ4n) is 3.50. The molecule has 7 heteroatoms. The van der Waals surface area contributed by atoms with Gasteiger partial charge in [0.1, 0.15) is 6.61 Å². The van der Waals surface area contributed by atoms with Crippen LogP contribution in [0.3, 0.4) is 0 Å². The number of ether oxygens (including phenoxy) is 3. The maximum Gasteiger partial charge on any atom is 0.359 e. The second-order valence-corrected chi connectivity index (χ2v) is 7.11. The number of fused-ring (bicyclic) bond motifs is 2. The van der Waals surface area contributed by atoms with Crippen LogP contribution in [0.1, 0.15) is 21.6 Å². The fraction of sp³-hybridized carbons (Fsp3) is 0.125. The van der Waals surface area contributed by atoms with E-state index in [4.69, 9.17) is 14.2 Å². The molecule has 0 bridgehead atoms. The van der Waals surface area contributed by atoms with Gasteiger partial charge in [0.15, 0.2) is 17.2 Å². The highest BCUT2D eigenvalue weighted by Crippen LogP contribution is 2.32. The van der Waals surface area contributed by atoms with Gasteiger partial charge in [0.05, 0.1) is 11.9 Å². The van der Waals surface area contributed by atoms with E-state index < -0.39 is 5.97 Å². The molecule has 0 radical (unpaired) electrons. The van der Waals surface area contributed by atoms with E-state index in [2.05, 4.69) is 5.10 Å². The van der Waals surface area contributed by atoms with Crippen molar-refractivity contribution >= 4 is 16.7 Å². The molecule has 4 aromatic rings. The summed E-state index contributed by atoms with van der Waals surface area (Å²) in [5.41, 5.74) is 1.52. The molecule has 31 heavy (non-hydrogen) atoms. The third-order valence-electron chi connectivity index (χ3n) is 5.04. The molecule has 2 heterocycles. The van der Waals surface area contributed by atoms with E-state index in [1.165, 1.54) is 4.68 Å². The predicted molar refractivity (Wildman–Crippen MR) is 113 cm³/mol. The van der Waals surface area contributed by atoms with E-state index in [1.54, 1.807) is 36.4 Å². The van der Waals surface area contributed by atoms with Gasteiger partial charge in [-0.3, -0.25) is 4.79 Å². The summed E-state index contributed by atoms with van der Waals surface area (Å²) in [4.78, 5) is 25.8. The van der Waals surface area contributed by atoms with Crippen LogP contribution >= 0.6 is 0 Å². The van der Waals surface area contributed by atoms with Crippen molar-refractivity contribution in [2.45, 2.75) is 13.2 Å². The van der Waals surface area contributed by atoms with Gasteiger partial charge >= 0.3 is 5.97 Å². The maximum absolute atomic E-state index is 12.9. The van der Waals surface area contributed by atoms with Crippen LogP contribution in [0.25, 0.3) is 10.8 Å². The summed E-state index contributed by atoms with van der Waals surface area (Å²) >= 11 is 0. The summed E-state index contributed by atoms with van der Waals surface area (Å²) < 4.78 is 17.5. The molecule has 154 valence electrons. The quantitative estimate of drug-likeness (QED) is 0.465. The summed E-state index contributed by atoms with van der Waals surface area (Å²) in [6, 6.07) is 21.8. The molecule has 0 fully saturated rings. The van der Waals surface area contributed by atoms with E-state index in [9.17, 15) is 9.59 Å². The number of carbonyl (C=O) groups is 1. The third-order valence-corrected chi connectivity index (χ3v) is 5.04. The third kappa shape index (κ3) is 3.73. The van der Waals surface area contributed by atoms with Crippen molar-refractivity contribution in [1.82, 2.24) is 9.78 Å². The summed E-state index contributed by atoms with van der Waals surface area (Å²) in [5.74, 6) is 0.680. The summed E-state index contributed by atoms with van der Waals surface area (Å²) in [7, 11) is 0. The number of esters is 1. The van der Waals surface area contributed by atoms with Crippen molar-refractivity contribution in [1.29, 1.82) is 0 Å². The van der Waals surface area contributed by atoms with Crippen molar-refractivity contribution < 1.29 is 19.0 Å². The SMILES string of the molecule is O=C(OCc1ccc2c(c1)OCO2)c1nn(Cc2ccccc2)c(=O)c2ccccc12. The Bertz CT molecular complexity index is 1330. The van der Waals surface area contributed by atoms with E-state index >= 15 is 0 Å². The fourth-order valence-corrected chi connectivity index (χ4v) is 3.50. The minimum absolute atomic E-state index is 0.0449. The zero-order valence-electron chi connectivity index (χ0n) is 16.5. The molecule has 3 aromatic carbocycles. The number of benzene rings is 3. The van der Waals surface area contributed by atoms with Gasteiger partial charge in [-0.2, -0.15) is 5.10 Å². The molecule has 0 aliphatic carbocycles. The molecule has 1 aliphatic heterocycles. The van der Waals surface area contributed by atoms with Gasteiger partial charge in [-0.15, -0.1) is 0 Å². The van der Waals surface area contributed by atoms with Gasteiger partial charge in [-0.25, -0.2) is 9.48 Å². The molecule has 0 N–H and O–H groups in total. The highest BCUT2D eigenvalue weighted by atomic mass is 16.7. The Hall–Kier alpha value is -4.13. The lowest BCUT2D eigenvalue weighted by molar-refractivity contribution is 0.0465. The molecule has 0 spiro atoms. The van der Waals surface area contributed by atoms with Crippen LogP contribution < -0.4 is 15.0 Å². The smallest absolute Gasteiger partial charge is 0.359 e. The van der Waals surface area contributed by atoms with Gasteiger partial charge in [-0.1, -0.05) is 54.6 Å². The number of hydrogen-bond acceptors (Lipinski definition) is 6. The largest absolute Gasteiger partial charge is 0.456 e. The number of nitrogens with zero attached hydrogens (tertiary/aromatic N) is 2. The number of aromatic nitrogens is 2. The Kier molecular flexibility index (Phi) is 4.84. The van der Waals surface area contributed by atoms with Gasteiger partial charge in [0.2, 0.25) is 6.79 Å². The molecule has 1 aliphatic rings. The van der Waals surface area contributed by atoms with E-state index in [0.29, 0.717) is 22.3 Å². The van der Waals surface area contributed by atoms with Crippen molar-refractivity contribution in [3.63, 3.8) is 0 Å². The second kappa shape index (κ2) is 7.95. The van der Waals surface area contributed by atoms with Gasteiger partial charge in [-0.05, 0) is 29.3 Å². The summed E-state index contributed by atoms with van der Waals surface area (Å²) in [6.45, 7) is 0.480. The molecule has 7 nitrogen and oxygen atoms in total. The van der Waals surface area contributed by atoms with Crippen LogP contribution in [0.5, 0.6) is 11.5 Å². The maximum atomic E-state index is 12.9. The first-order valence-electron chi connectivity index (χ1n) is 9.78. The van der Waals surface area contributed by atoms with Crippen LogP contribution in [0, 0.1) is 0 Å². The molecule has 0 saturated heterocycles. The Morgan fingerprint density at radius 2 is 1.65 bits per heavy atom. The molecule has 0 amide bonds. The molecular weight excluding hydrogens is 396 g/mol. The Balaban J connectivity index is 1.45. The Morgan fingerprint density at radius 3 is 2.48 bits per heavy atom. The van der Waals surface area contributed by atoms with Crippen LogP contribution in [-0.4, -0.2) is 22.5 Å². The van der Waals surface area contributed by atoms with Crippen LogP contribution in [0.2, 0.25) is 0 Å². The topological polar surface area (TPSA) is 79.7 Å². The zero-order valence-corrected chi connectivity index (χ0v) is 16.5. The highest BCUT2D eigenvalue weighted by Gasteiger charge is 2.19. The second-order valence-electron chi connectivity index (χ2n) is 7.11. The number of hydrogen-bond donors (Lipinski definition) is 0. The average molecular weight is 414 g/mol. The normalized spacial score (nSPS) is 12.1. The molecular formula is C24H18N2O5. The van der Waals surface area contributed by atoms with E-state index in [1.807, 2.05) is 36.4 Å². The monoisotopic (exact) mass is 414 g/mol. The van der Waals surface area contributed by atoms with Crippen molar-refractivity contribution in [2.75, 3.05) is 6.79 Å². The first-order chi connectivity index (χ1) is 15.2. The van der Waals surface area contributed by atoms with Crippen LogP contribution in [0.15, 0.2) is 77.6 Å². The van der Waals surface area contributed by atoms with E-state index in [-0.39, 0.29) is 31.2 Å². The lowest BCUT2D eigenvalue weighted by atomic mass is 10.1. The summed E-state index contributed by atoms with van der Waals surface area (Å²) in [6.07, 6.45) is 0. The van der Waals surface area contributed by atoms with Crippen molar-refractivity contribution in [3.05, 3.63) is 100.0 Å². The lowest BCUT2D eigenvalue weighted by Gasteiger charge is -2.11. The lowest BCUT2D eigenvalue weighted by Crippen LogP contribution is -2.27. The van der Waals surface area contributed by atoms with Gasteiger partial charge < -0.3 is 14.2 Å². The number of rotatable bonds is 5. The first-order valence-corrected chi connectivity index (χ1v) is 9.78. The average Bonchev–Trinajstić information content (AvgIpc) is 3.28. The van der Waals surface area contributed by atoms with Gasteiger partial charge in [0, 0.05) is 5.39 Å². The predicted octanol–water partition coefficient (Wildman–Crippen LogP) is 3.53. The first kappa shape index (κ1) is 18.9. The van der Waals surface area contributed by atoms with Crippen LogP contribution in [0.4, 0.5) is 0 Å². The van der Waals surface area contributed by atoms with Crippen molar-refractivity contribution in [2.24, 2.45) is 0 Å². The Morgan fingerprint density at radius 1 is 0.903 bits per heavy atom. The van der Waals surface area contributed by atoms with E-state index in [0.717, 1.165) is 11.1 Å². The van der Waals surface area contributed by atoms with Crippen molar-refractivity contribution in [3.8, 4) is 11.5 Å². The minimum atomic E-state index is -0.601. The molecule has 0 saturated carbocycles. The molecule has 5 rings (SSSR count). The van der Waals surface area contributed by atoms with Crippen LogP contribution in [-0.2, 0) is 17.9 Å². The molecule has 1 aromatic heterocycles. The highest BCUT2D eigenvalue weighted by molar-refractivity contribution is 6.02. The minimum Gasteiger partial charge on any atom is -0.456 e. The standard InChI is InChI=1S/C24H18N2O5/c27-23-19-9-5-4-8-18(19)22(25-26(23)13-16-6-2-1-3-7-16)24(28)29-14-17-10-11-20-21(12-17)31-15-30-20/h1-12H,13-15H2.